The standard InChI is InChI=1S/C8H7ClO2/c9-5-8(11)6-2-1-3-7(10)4-6/h1-4,10H,5H2. The van der Waals surface area contributed by atoms with Gasteiger partial charge in [-0.25, -0.2) is 0 Å². The molecule has 1 N–H and O–H groups in total. The maximum atomic E-state index is 10.9. The first-order valence-electron chi connectivity index (χ1n) is 3.12. The molecule has 0 aliphatic rings. The van der Waals surface area contributed by atoms with E-state index < -0.39 is 0 Å². The summed E-state index contributed by atoms with van der Waals surface area (Å²) in [6.07, 6.45) is 0. The maximum absolute atomic E-state index is 10.9. The third-order valence-electron chi connectivity index (χ3n) is 1.29. The van der Waals surface area contributed by atoms with Crippen molar-refractivity contribution in [3.05, 3.63) is 29.8 Å². The van der Waals surface area contributed by atoms with Gasteiger partial charge in [0.15, 0.2) is 5.78 Å². The van der Waals surface area contributed by atoms with E-state index in [0.29, 0.717) is 5.56 Å². The Hall–Kier alpha value is -1.02. The Balaban J connectivity index is 2.96. The van der Waals surface area contributed by atoms with Crippen LogP contribution in [0.15, 0.2) is 24.3 Å². The molecule has 0 saturated carbocycles. The highest BCUT2D eigenvalue weighted by molar-refractivity contribution is 6.30. The molecule has 0 fully saturated rings. The second kappa shape index (κ2) is 3.39. The van der Waals surface area contributed by atoms with Crippen LogP contribution in [-0.4, -0.2) is 16.8 Å². The zero-order valence-corrected chi connectivity index (χ0v) is 6.51. The highest BCUT2D eigenvalue weighted by atomic mass is 35.5. The van der Waals surface area contributed by atoms with Gasteiger partial charge in [0.05, 0.1) is 5.88 Å². The number of aromatic hydroxyl groups is 1. The van der Waals surface area contributed by atoms with Crippen LogP contribution in [0, 0.1) is 0 Å². The summed E-state index contributed by atoms with van der Waals surface area (Å²) in [7, 11) is 0. The first kappa shape index (κ1) is 8.08. The Morgan fingerprint density at radius 1 is 1.55 bits per heavy atom. The summed E-state index contributed by atoms with van der Waals surface area (Å²) in [5.41, 5.74) is 0.444. The first-order valence-corrected chi connectivity index (χ1v) is 3.65. The van der Waals surface area contributed by atoms with Gasteiger partial charge < -0.3 is 5.11 Å². The molecular weight excluding hydrogens is 164 g/mol. The summed E-state index contributed by atoms with van der Waals surface area (Å²) < 4.78 is 0. The summed E-state index contributed by atoms with van der Waals surface area (Å²) in [6, 6.07) is 6.12. The highest BCUT2D eigenvalue weighted by Crippen LogP contribution is 2.11. The number of rotatable bonds is 2. The summed E-state index contributed by atoms with van der Waals surface area (Å²) in [4.78, 5) is 10.9. The van der Waals surface area contributed by atoms with E-state index in [1.807, 2.05) is 0 Å². The number of halogens is 1. The van der Waals surface area contributed by atoms with Crippen molar-refractivity contribution in [3.8, 4) is 5.75 Å². The van der Waals surface area contributed by atoms with Crippen molar-refractivity contribution in [1.29, 1.82) is 0 Å². The monoisotopic (exact) mass is 170 g/mol. The smallest absolute Gasteiger partial charge is 0.177 e. The van der Waals surface area contributed by atoms with Crippen LogP contribution in [0.25, 0.3) is 0 Å². The van der Waals surface area contributed by atoms with Crippen molar-refractivity contribution in [2.45, 2.75) is 0 Å². The number of phenolic OH excluding ortho intramolecular Hbond substituents is 1. The third-order valence-corrected chi connectivity index (χ3v) is 1.53. The van der Waals surface area contributed by atoms with Crippen LogP contribution in [0.2, 0.25) is 0 Å². The molecule has 1 rings (SSSR count). The van der Waals surface area contributed by atoms with Crippen LogP contribution in [0.4, 0.5) is 0 Å². The second-order valence-corrected chi connectivity index (χ2v) is 2.37. The predicted octanol–water partition coefficient (Wildman–Crippen LogP) is 1.81. The van der Waals surface area contributed by atoms with E-state index in [0.717, 1.165) is 0 Å². The minimum atomic E-state index is -0.178. The number of hydrogen-bond donors (Lipinski definition) is 1. The van der Waals surface area contributed by atoms with E-state index >= 15 is 0 Å². The minimum Gasteiger partial charge on any atom is -0.508 e. The molecule has 0 heterocycles. The number of Topliss-reactive ketones (excluding diaryl/α,β-unsaturated/α-hetero) is 1. The third kappa shape index (κ3) is 1.95. The number of phenols is 1. The van der Waals surface area contributed by atoms with Gasteiger partial charge in [0.1, 0.15) is 5.75 Å². The fourth-order valence-electron chi connectivity index (χ4n) is 0.757. The molecule has 0 aliphatic carbocycles. The van der Waals surface area contributed by atoms with E-state index in [4.69, 9.17) is 16.7 Å². The Morgan fingerprint density at radius 2 is 2.27 bits per heavy atom. The van der Waals surface area contributed by atoms with E-state index in [1.165, 1.54) is 12.1 Å². The largest absolute Gasteiger partial charge is 0.508 e. The van der Waals surface area contributed by atoms with Crippen LogP contribution >= 0.6 is 11.6 Å². The lowest BCUT2D eigenvalue weighted by atomic mass is 10.1. The van der Waals surface area contributed by atoms with Crippen LogP contribution in [-0.2, 0) is 0 Å². The molecule has 11 heavy (non-hydrogen) atoms. The number of ketones is 1. The van der Waals surface area contributed by atoms with Crippen LogP contribution in [0.1, 0.15) is 10.4 Å². The lowest BCUT2D eigenvalue weighted by molar-refractivity contribution is 0.102. The normalized spacial score (nSPS) is 9.55. The summed E-state index contributed by atoms with van der Waals surface area (Å²) in [5.74, 6) is -0.146. The van der Waals surface area contributed by atoms with Gasteiger partial charge in [0.25, 0.3) is 0 Å². The highest BCUT2D eigenvalue weighted by Gasteiger charge is 2.02. The summed E-state index contributed by atoms with van der Waals surface area (Å²) >= 11 is 5.31. The SMILES string of the molecule is O=C(CCl)c1cccc(O)c1. The number of carbonyl (C=O) groups is 1. The Morgan fingerprint density at radius 3 is 2.82 bits per heavy atom. The van der Waals surface area contributed by atoms with E-state index in [9.17, 15) is 4.79 Å². The number of carbonyl (C=O) groups excluding carboxylic acids is 1. The second-order valence-electron chi connectivity index (χ2n) is 2.11. The molecular formula is C8H7ClO2. The quantitative estimate of drug-likeness (QED) is 0.543. The van der Waals surface area contributed by atoms with Gasteiger partial charge in [0.2, 0.25) is 0 Å². The van der Waals surface area contributed by atoms with Crippen molar-refractivity contribution < 1.29 is 9.90 Å². The number of hydrogen-bond acceptors (Lipinski definition) is 2. The van der Waals surface area contributed by atoms with Crippen molar-refractivity contribution in [2.75, 3.05) is 5.88 Å². The van der Waals surface area contributed by atoms with Crippen LogP contribution in [0.3, 0.4) is 0 Å². The fraction of sp³-hybridized carbons (Fsp3) is 0.125. The Labute approximate surface area is 69.4 Å². The van der Waals surface area contributed by atoms with Crippen molar-refractivity contribution in [1.82, 2.24) is 0 Å². The zero-order valence-electron chi connectivity index (χ0n) is 5.75. The Kier molecular flexibility index (Phi) is 2.49. The average Bonchev–Trinajstić information content (AvgIpc) is 2.03. The molecule has 2 nitrogen and oxygen atoms in total. The maximum Gasteiger partial charge on any atom is 0.177 e. The van der Waals surface area contributed by atoms with Gasteiger partial charge in [-0.15, -0.1) is 11.6 Å². The zero-order chi connectivity index (χ0) is 8.27. The van der Waals surface area contributed by atoms with Gasteiger partial charge in [0, 0.05) is 5.56 Å². The molecule has 0 radical (unpaired) electrons. The number of benzene rings is 1. The summed E-state index contributed by atoms with van der Waals surface area (Å²) in [5, 5.41) is 8.96. The lowest BCUT2D eigenvalue weighted by Crippen LogP contribution is -1.98. The average molecular weight is 171 g/mol. The fourth-order valence-corrected chi connectivity index (χ4v) is 0.911. The van der Waals surface area contributed by atoms with Crippen molar-refractivity contribution in [3.63, 3.8) is 0 Å². The molecule has 0 atom stereocenters. The van der Waals surface area contributed by atoms with Gasteiger partial charge in [-0.1, -0.05) is 12.1 Å². The molecule has 3 heteroatoms. The topological polar surface area (TPSA) is 37.3 Å². The first-order chi connectivity index (χ1) is 5.24. The molecule has 0 amide bonds. The van der Waals surface area contributed by atoms with Crippen LogP contribution in [0.5, 0.6) is 5.75 Å². The van der Waals surface area contributed by atoms with Gasteiger partial charge in [-0.3, -0.25) is 4.79 Å². The van der Waals surface area contributed by atoms with Crippen molar-refractivity contribution in [2.24, 2.45) is 0 Å². The van der Waals surface area contributed by atoms with Gasteiger partial charge in [-0.05, 0) is 12.1 Å². The summed E-state index contributed by atoms with van der Waals surface area (Å²) in [6.45, 7) is 0. The molecule has 1 aromatic carbocycles. The van der Waals surface area contributed by atoms with Crippen LogP contribution < -0.4 is 0 Å². The van der Waals surface area contributed by atoms with Gasteiger partial charge in [-0.2, -0.15) is 0 Å². The van der Waals surface area contributed by atoms with Crippen molar-refractivity contribution >= 4 is 17.4 Å². The van der Waals surface area contributed by atoms with E-state index in [1.54, 1.807) is 12.1 Å². The van der Waals surface area contributed by atoms with Gasteiger partial charge >= 0.3 is 0 Å². The molecule has 0 bridgehead atoms. The van der Waals surface area contributed by atoms with E-state index in [2.05, 4.69) is 0 Å². The molecule has 0 saturated heterocycles. The minimum absolute atomic E-state index is 0.0521. The molecule has 0 aliphatic heterocycles. The molecule has 0 unspecified atom stereocenters. The molecule has 0 spiro atoms. The Bertz CT molecular complexity index is 271. The predicted molar refractivity (Wildman–Crippen MR) is 43.2 cm³/mol. The van der Waals surface area contributed by atoms with E-state index in [-0.39, 0.29) is 17.4 Å². The molecule has 58 valence electrons. The molecule has 1 aromatic rings. The number of alkyl halides is 1. The molecule has 0 aromatic heterocycles. The lowest BCUT2D eigenvalue weighted by Gasteiger charge is -1.96.